The third-order valence-corrected chi connectivity index (χ3v) is 6.19. The van der Waals surface area contributed by atoms with E-state index in [0.717, 1.165) is 5.69 Å². The molecule has 5 rings (SSSR count). The summed E-state index contributed by atoms with van der Waals surface area (Å²) in [6.07, 6.45) is 2.64. The predicted octanol–water partition coefficient (Wildman–Crippen LogP) is 4.51. The lowest BCUT2D eigenvalue weighted by molar-refractivity contribution is 0.0203. The summed E-state index contributed by atoms with van der Waals surface area (Å²) in [5.41, 5.74) is 1.57. The van der Waals surface area contributed by atoms with E-state index in [2.05, 4.69) is 20.3 Å². The molecule has 1 aliphatic heterocycles. The van der Waals surface area contributed by atoms with Gasteiger partial charge in [0.1, 0.15) is 16.8 Å². The van der Waals surface area contributed by atoms with Gasteiger partial charge in [0.25, 0.3) is 11.4 Å². The normalized spacial score (nSPS) is 15.0. The summed E-state index contributed by atoms with van der Waals surface area (Å²) in [6.45, 7) is 6.61. The largest absolute Gasteiger partial charge is 0.444 e. The van der Waals surface area contributed by atoms with E-state index in [1.807, 2.05) is 32.9 Å². The maximum atomic E-state index is 12.6. The van der Waals surface area contributed by atoms with Crippen molar-refractivity contribution in [3.63, 3.8) is 0 Å². The highest BCUT2D eigenvalue weighted by atomic mass is 35.5. The van der Waals surface area contributed by atoms with Gasteiger partial charge >= 0.3 is 6.09 Å². The molecule has 1 saturated heterocycles. The number of H-pyrrole nitrogens is 1. The van der Waals surface area contributed by atoms with Gasteiger partial charge in [-0.15, -0.1) is 10.2 Å². The number of rotatable bonds is 3. The van der Waals surface area contributed by atoms with Gasteiger partial charge in [0.05, 0.1) is 22.5 Å². The number of fused-ring (bicyclic) bond motifs is 1. The lowest BCUT2D eigenvalue weighted by Gasteiger charge is -2.33. The molecule has 0 bridgehead atoms. The molecular weight excluding hydrogens is 472 g/mol. The fraction of sp³-hybridized carbons (Fsp3) is 0.375. The SMILES string of the molecule is CC(C)(C)OC(=O)N1CCC(c2cc(=O)[nH]c3c(-c4nnc(-c5ccccc5Cl)o4)cnn23)CC1. The number of aromatic amines is 1. The number of hydrogen-bond acceptors (Lipinski definition) is 7. The molecule has 0 unspecified atom stereocenters. The van der Waals surface area contributed by atoms with Crippen LogP contribution in [0.2, 0.25) is 5.02 Å². The van der Waals surface area contributed by atoms with Crippen LogP contribution in [0.15, 0.2) is 45.7 Å². The molecule has 1 aromatic carbocycles. The molecule has 35 heavy (non-hydrogen) atoms. The van der Waals surface area contributed by atoms with Crippen molar-refractivity contribution in [1.82, 2.24) is 29.7 Å². The first-order valence-corrected chi connectivity index (χ1v) is 11.7. The minimum Gasteiger partial charge on any atom is -0.444 e. The van der Waals surface area contributed by atoms with Crippen LogP contribution in [0.25, 0.3) is 28.6 Å². The van der Waals surface area contributed by atoms with E-state index in [1.54, 1.807) is 33.8 Å². The Morgan fingerprint density at radius 2 is 1.83 bits per heavy atom. The number of aromatic nitrogens is 5. The van der Waals surface area contributed by atoms with Crippen LogP contribution in [0.5, 0.6) is 0 Å². The summed E-state index contributed by atoms with van der Waals surface area (Å²) in [5, 5.41) is 13.3. The number of nitrogens with zero attached hydrogens (tertiary/aromatic N) is 5. The molecule has 11 heteroatoms. The summed E-state index contributed by atoms with van der Waals surface area (Å²) < 4.78 is 13.1. The molecule has 0 atom stereocenters. The van der Waals surface area contributed by atoms with Gasteiger partial charge in [-0.1, -0.05) is 23.7 Å². The average Bonchev–Trinajstić information content (AvgIpc) is 3.45. The second kappa shape index (κ2) is 8.84. The summed E-state index contributed by atoms with van der Waals surface area (Å²) >= 11 is 6.25. The molecule has 0 aliphatic carbocycles. The minimum absolute atomic E-state index is 0.0487. The Morgan fingerprint density at radius 1 is 1.14 bits per heavy atom. The minimum atomic E-state index is -0.543. The summed E-state index contributed by atoms with van der Waals surface area (Å²) in [6, 6.07) is 8.74. The molecule has 3 aromatic heterocycles. The van der Waals surface area contributed by atoms with Crippen LogP contribution in [0, 0.1) is 0 Å². The van der Waals surface area contributed by atoms with E-state index < -0.39 is 5.60 Å². The maximum Gasteiger partial charge on any atom is 0.410 e. The van der Waals surface area contributed by atoms with Crippen molar-refractivity contribution >= 4 is 23.3 Å². The summed E-state index contributed by atoms with van der Waals surface area (Å²) in [7, 11) is 0. The Morgan fingerprint density at radius 3 is 2.51 bits per heavy atom. The summed E-state index contributed by atoms with van der Waals surface area (Å²) in [4.78, 5) is 29.5. The number of piperidine rings is 1. The van der Waals surface area contributed by atoms with Gasteiger partial charge in [-0.3, -0.25) is 4.79 Å². The van der Waals surface area contributed by atoms with E-state index in [-0.39, 0.29) is 29.4 Å². The number of nitrogens with one attached hydrogen (secondary N) is 1. The Balaban J connectivity index is 1.41. The van der Waals surface area contributed by atoms with Gasteiger partial charge in [0, 0.05) is 25.1 Å². The number of likely N-dealkylation sites (tertiary alicyclic amines) is 1. The standard InChI is InChI=1S/C24H25ClN6O4/c1-24(2,3)35-23(33)30-10-8-14(9-11-30)18-12-19(32)27-20-16(13-26-31(18)20)22-29-28-21(34-22)15-6-4-5-7-17(15)25/h4-7,12-14H,8-11H2,1-3H3,(H,27,32). The molecular formula is C24H25ClN6O4. The maximum absolute atomic E-state index is 12.6. The summed E-state index contributed by atoms with van der Waals surface area (Å²) in [5.74, 6) is 0.549. The van der Waals surface area contributed by atoms with E-state index in [0.29, 0.717) is 47.7 Å². The van der Waals surface area contributed by atoms with Crippen LogP contribution in [-0.2, 0) is 4.74 Å². The van der Waals surface area contributed by atoms with Gasteiger partial charge < -0.3 is 19.0 Å². The molecule has 1 aliphatic rings. The number of carbonyl (C=O) groups is 1. The van der Waals surface area contributed by atoms with E-state index in [4.69, 9.17) is 20.8 Å². The molecule has 0 spiro atoms. The average molecular weight is 497 g/mol. The number of carbonyl (C=O) groups excluding carboxylic acids is 1. The Bertz CT molecular complexity index is 1440. The third kappa shape index (κ3) is 4.66. The van der Waals surface area contributed by atoms with Crippen LogP contribution < -0.4 is 5.56 Å². The molecule has 0 saturated carbocycles. The van der Waals surface area contributed by atoms with Crippen LogP contribution in [0.3, 0.4) is 0 Å². The zero-order valence-electron chi connectivity index (χ0n) is 19.6. The van der Waals surface area contributed by atoms with Crippen molar-refractivity contribution < 1.29 is 13.9 Å². The predicted molar refractivity (Wildman–Crippen MR) is 129 cm³/mol. The highest BCUT2D eigenvalue weighted by Gasteiger charge is 2.29. The first-order chi connectivity index (χ1) is 16.7. The molecule has 4 aromatic rings. The zero-order chi connectivity index (χ0) is 24.7. The molecule has 10 nitrogen and oxygen atoms in total. The fourth-order valence-electron chi connectivity index (χ4n) is 4.22. The molecule has 0 radical (unpaired) electrons. The van der Waals surface area contributed by atoms with Crippen molar-refractivity contribution in [2.75, 3.05) is 13.1 Å². The number of hydrogen-bond donors (Lipinski definition) is 1. The van der Waals surface area contributed by atoms with E-state index in [1.165, 1.54) is 0 Å². The highest BCUT2D eigenvalue weighted by molar-refractivity contribution is 6.33. The van der Waals surface area contributed by atoms with Gasteiger partial charge in [0.15, 0.2) is 0 Å². The van der Waals surface area contributed by atoms with Crippen LogP contribution >= 0.6 is 11.6 Å². The van der Waals surface area contributed by atoms with Crippen molar-refractivity contribution in [2.24, 2.45) is 0 Å². The molecule has 1 amide bonds. The second-order valence-electron chi connectivity index (χ2n) is 9.51. The van der Waals surface area contributed by atoms with E-state index >= 15 is 0 Å². The Labute approximate surface area is 205 Å². The fourth-order valence-corrected chi connectivity index (χ4v) is 4.44. The first kappa shape index (κ1) is 23.1. The quantitative estimate of drug-likeness (QED) is 0.443. The van der Waals surface area contributed by atoms with Crippen molar-refractivity contribution in [2.45, 2.75) is 45.1 Å². The number of amides is 1. The topological polar surface area (TPSA) is 119 Å². The van der Waals surface area contributed by atoms with Crippen molar-refractivity contribution in [1.29, 1.82) is 0 Å². The van der Waals surface area contributed by atoms with E-state index in [9.17, 15) is 9.59 Å². The Hall–Kier alpha value is -3.66. The zero-order valence-corrected chi connectivity index (χ0v) is 20.4. The van der Waals surface area contributed by atoms with Crippen molar-refractivity contribution in [3.8, 4) is 22.9 Å². The lowest BCUT2D eigenvalue weighted by Crippen LogP contribution is -2.41. The number of halogens is 1. The Kier molecular flexibility index (Phi) is 5.84. The first-order valence-electron chi connectivity index (χ1n) is 11.4. The lowest BCUT2D eigenvalue weighted by atomic mass is 9.93. The van der Waals surface area contributed by atoms with Crippen molar-refractivity contribution in [3.05, 3.63) is 57.6 Å². The van der Waals surface area contributed by atoms with Crippen LogP contribution in [0.1, 0.15) is 45.2 Å². The third-order valence-electron chi connectivity index (χ3n) is 5.86. The number of ether oxygens (including phenoxy) is 1. The molecule has 4 heterocycles. The molecule has 182 valence electrons. The van der Waals surface area contributed by atoms with Gasteiger partial charge in [-0.2, -0.15) is 5.10 Å². The molecule has 1 fully saturated rings. The molecule has 1 N–H and O–H groups in total. The number of benzene rings is 1. The highest BCUT2D eigenvalue weighted by Crippen LogP contribution is 2.32. The van der Waals surface area contributed by atoms with Gasteiger partial charge in [0.2, 0.25) is 5.89 Å². The van der Waals surface area contributed by atoms with Gasteiger partial charge in [-0.25, -0.2) is 9.31 Å². The van der Waals surface area contributed by atoms with Crippen LogP contribution in [0.4, 0.5) is 4.79 Å². The second-order valence-corrected chi connectivity index (χ2v) is 9.92. The van der Waals surface area contributed by atoms with Crippen LogP contribution in [-0.4, -0.2) is 54.5 Å². The monoisotopic (exact) mass is 496 g/mol. The van der Waals surface area contributed by atoms with Gasteiger partial charge in [-0.05, 0) is 45.7 Å². The smallest absolute Gasteiger partial charge is 0.410 e.